The van der Waals surface area contributed by atoms with Crippen LogP contribution in [0.25, 0.3) is 10.9 Å². The number of para-hydroxylation sites is 1. The monoisotopic (exact) mass is 265 g/mol. The maximum Gasteiger partial charge on any atom is 0.224 e. The highest BCUT2D eigenvalue weighted by Gasteiger charge is 2.08. The molecular formula is C16H15N3O. The van der Waals surface area contributed by atoms with Crippen molar-refractivity contribution in [1.29, 1.82) is 0 Å². The lowest BCUT2D eigenvalue weighted by Gasteiger charge is -2.04. The van der Waals surface area contributed by atoms with E-state index in [-0.39, 0.29) is 5.91 Å². The number of H-pyrrole nitrogens is 1. The zero-order valence-corrected chi connectivity index (χ0v) is 11.0. The molecule has 2 N–H and O–H groups in total. The highest BCUT2D eigenvalue weighted by molar-refractivity contribution is 5.88. The van der Waals surface area contributed by atoms with Crippen LogP contribution in [0, 0.1) is 0 Å². The van der Waals surface area contributed by atoms with Crippen LogP contribution in [-0.4, -0.2) is 15.9 Å². The van der Waals surface area contributed by atoms with Crippen molar-refractivity contribution in [3.05, 3.63) is 66.1 Å². The first-order valence-corrected chi connectivity index (χ1v) is 6.53. The largest absolute Gasteiger partial charge is 0.361 e. The van der Waals surface area contributed by atoms with Crippen molar-refractivity contribution in [2.75, 3.05) is 0 Å². The Kier molecular flexibility index (Phi) is 3.46. The number of pyridine rings is 1. The number of nitrogens with zero attached hydrogens (tertiary/aromatic N) is 1. The van der Waals surface area contributed by atoms with E-state index >= 15 is 0 Å². The summed E-state index contributed by atoms with van der Waals surface area (Å²) < 4.78 is 0. The second kappa shape index (κ2) is 5.57. The van der Waals surface area contributed by atoms with E-state index in [1.807, 2.05) is 42.6 Å². The highest BCUT2D eigenvalue weighted by atomic mass is 16.1. The van der Waals surface area contributed by atoms with Crippen molar-refractivity contribution >= 4 is 16.8 Å². The lowest BCUT2D eigenvalue weighted by Crippen LogP contribution is -2.24. The number of carbonyl (C=O) groups is 1. The first-order chi connectivity index (χ1) is 9.83. The van der Waals surface area contributed by atoms with Crippen LogP contribution in [0.4, 0.5) is 0 Å². The fourth-order valence-corrected chi connectivity index (χ4v) is 2.22. The minimum Gasteiger partial charge on any atom is -0.361 e. The fourth-order valence-electron chi connectivity index (χ4n) is 2.22. The van der Waals surface area contributed by atoms with Gasteiger partial charge in [-0.2, -0.15) is 0 Å². The zero-order chi connectivity index (χ0) is 13.8. The molecule has 0 radical (unpaired) electrons. The van der Waals surface area contributed by atoms with Gasteiger partial charge in [0.15, 0.2) is 0 Å². The first kappa shape index (κ1) is 12.4. The van der Waals surface area contributed by atoms with E-state index in [0.717, 1.165) is 22.0 Å². The number of rotatable bonds is 4. The van der Waals surface area contributed by atoms with Crippen molar-refractivity contribution in [2.45, 2.75) is 13.0 Å². The third kappa shape index (κ3) is 2.69. The Hall–Kier alpha value is -2.62. The minimum atomic E-state index is 0.0126. The second-order valence-corrected chi connectivity index (χ2v) is 4.67. The lowest BCUT2D eigenvalue weighted by molar-refractivity contribution is -0.120. The summed E-state index contributed by atoms with van der Waals surface area (Å²) in [5.74, 6) is 0.0126. The Labute approximate surface area is 116 Å². The predicted molar refractivity (Wildman–Crippen MR) is 78.1 cm³/mol. The molecule has 0 aliphatic heterocycles. The number of amides is 1. The lowest BCUT2D eigenvalue weighted by atomic mass is 10.1. The topological polar surface area (TPSA) is 57.8 Å². The number of carbonyl (C=O) groups excluding carboxylic acids is 1. The van der Waals surface area contributed by atoms with Crippen molar-refractivity contribution in [3.8, 4) is 0 Å². The standard InChI is InChI=1S/C16H15N3O/c20-16(19-10-12-4-3-7-17-9-12)8-13-11-18-15-6-2-1-5-14(13)15/h1-7,9,11,18H,8,10H2,(H,19,20). The molecule has 4 heteroatoms. The average Bonchev–Trinajstić information content (AvgIpc) is 2.90. The molecule has 0 bridgehead atoms. The van der Waals surface area contributed by atoms with Gasteiger partial charge >= 0.3 is 0 Å². The summed E-state index contributed by atoms with van der Waals surface area (Å²) in [7, 11) is 0. The van der Waals surface area contributed by atoms with Gasteiger partial charge in [0.05, 0.1) is 6.42 Å². The molecule has 3 rings (SSSR count). The fraction of sp³-hybridized carbons (Fsp3) is 0.125. The average molecular weight is 265 g/mol. The van der Waals surface area contributed by atoms with Gasteiger partial charge in [0.1, 0.15) is 0 Å². The molecule has 2 aromatic heterocycles. The summed E-state index contributed by atoms with van der Waals surface area (Å²) in [5, 5.41) is 4.01. The van der Waals surface area contributed by atoms with Crippen LogP contribution < -0.4 is 5.32 Å². The van der Waals surface area contributed by atoms with Gasteiger partial charge in [-0.3, -0.25) is 9.78 Å². The van der Waals surface area contributed by atoms with Gasteiger partial charge in [-0.05, 0) is 23.3 Å². The van der Waals surface area contributed by atoms with Crippen molar-refractivity contribution in [3.63, 3.8) is 0 Å². The summed E-state index contributed by atoms with van der Waals surface area (Å²) in [6.45, 7) is 0.509. The maximum absolute atomic E-state index is 12.0. The molecule has 0 aliphatic rings. The Morgan fingerprint density at radius 2 is 2.10 bits per heavy atom. The van der Waals surface area contributed by atoms with Crippen LogP contribution in [0.15, 0.2) is 55.0 Å². The molecule has 0 spiro atoms. The van der Waals surface area contributed by atoms with E-state index in [2.05, 4.69) is 15.3 Å². The van der Waals surface area contributed by atoms with Crippen molar-refractivity contribution < 1.29 is 4.79 Å². The number of fused-ring (bicyclic) bond motifs is 1. The molecule has 0 atom stereocenters. The molecule has 0 aliphatic carbocycles. The summed E-state index contributed by atoms with van der Waals surface area (Å²) >= 11 is 0. The van der Waals surface area contributed by atoms with E-state index in [1.54, 1.807) is 12.4 Å². The Morgan fingerprint density at radius 1 is 1.20 bits per heavy atom. The number of hydrogen-bond acceptors (Lipinski definition) is 2. The quantitative estimate of drug-likeness (QED) is 0.761. The number of hydrogen-bond donors (Lipinski definition) is 2. The molecule has 20 heavy (non-hydrogen) atoms. The van der Waals surface area contributed by atoms with Gasteiger partial charge in [0.25, 0.3) is 0 Å². The molecule has 1 aromatic carbocycles. The van der Waals surface area contributed by atoms with Gasteiger partial charge in [-0.15, -0.1) is 0 Å². The third-order valence-corrected chi connectivity index (χ3v) is 3.24. The van der Waals surface area contributed by atoms with E-state index in [1.165, 1.54) is 0 Å². The number of aromatic nitrogens is 2. The van der Waals surface area contributed by atoms with Crippen LogP contribution in [0.1, 0.15) is 11.1 Å². The summed E-state index contributed by atoms with van der Waals surface area (Å²) in [5.41, 5.74) is 3.08. The van der Waals surface area contributed by atoms with Gasteiger partial charge in [0, 0.05) is 36.0 Å². The SMILES string of the molecule is O=C(Cc1c[nH]c2ccccc12)NCc1cccnc1. The molecule has 0 unspecified atom stereocenters. The molecule has 1 amide bonds. The molecule has 0 fully saturated rings. The van der Waals surface area contributed by atoms with Crippen LogP contribution in [0.5, 0.6) is 0 Å². The van der Waals surface area contributed by atoms with E-state index in [4.69, 9.17) is 0 Å². The molecule has 2 heterocycles. The van der Waals surface area contributed by atoms with Crippen LogP contribution in [0.3, 0.4) is 0 Å². The molecule has 100 valence electrons. The summed E-state index contributed by atoms with van der Waals surface area (Å²) in [6, 6.07) is 11.8. The van der Waals surface area contributed by atoms with Crippen LogP contribution in [-0.2, 0) is 17.8 Å². The summed E-state index contributed by atoms with van der Waals surface area (Å²) in [6.07, 6.45) is 5.75. The molecule has 0 saturated heterocycles. The van der Waals surface area contributed by atoms with Gasteiger partial charge < -0.3 is 10.3 Å². The number of benzene rings is 1. The Balaban J connectivity index is 1.64. The Bertz CT molecular complexity index is 719. The van der Waals surface area contributed by atoms with Crippen LogP contribution >= 0.6 is 0 Å². The van der Waals surface area contributed by atoms with Crippen molar-refractivity contribution in [1.82, 2.24) is 15.3 Å². The zero-order valence-electron chi connectivity index (χ0n) is 11.0. The van der Waals surface area contributed by atoms with Crippen molar-refractivity contribution in [2.24, 2.45) is 0 Å². The minimum absolute atomic E-state index is 0.0126. The van der Waals surface area contributed by atoms with Gasteiger partial charge in [-0.1, -0.05) is 24.3 Å². The molecule has 0 saturated carbocycles. The molecule has 3 aromatic rings. The normalized spacial score (nSPS) is 10.6. The smallest absolute Gasteiger partial charge is 0.224 e. The van der Waals surface area contributed by atoms with E-state index in [9.17, 15) is 4.79 Å². The van der Waals surface area contributed by atoms with Crippen LogP contribution in [0.2, 0.25) is 0 Å². The number of aromatic amines is 1. The van der Waals surface area contributed by atoms with Gasteiger partial charge in [0.2, 0.25) is 5.91 Å². The number of nitrogens with one attached hydrogen (secondary N) is 2. The molecular weight excluding hydrogens is 250 g/mol. The second-order valence-electron chi connectivity index (χ2n) is 4.67. The van der Waals surface area contributed by atoms with E-state index < -0.39 is 0 Å². The summed E-state index contributed by atoms with van der Waals surface area (Å²) in [4.78, 5) is 19.2. The molecule has 4 nitrogen and oxygen atoms in total. The first-order valence-electron chi connectivity index (χ1n) is 6.53. The highest BCUT2D eigenvalue weighted by Crippen LogP contribution is 2.17. The van der Waals surface area contributed by atoms with Gasteiger partial charge in [-0.25, -0.2) is 0 Å². The maximum atomic E-state index is 12.0. The Morgan fingerprint density at radius 3 is 2.95 bits per heavy atom. The third-order valence-electron chi connectivity index (χ3n) is 3.24. The van der Waals surface area contributed by atoms with E-state index in [0.29, 0.717) is 13.0 Å². The predicted octanol–water partition coefficient (Wildman–Crippen LogP) is 2.42.